The summed E-state index contributed by atoms with van der Waals surface area (Å²) in [4.78, 5) is 27.0. The second kappa shape index (κ2) is 13.5. The molecule has 8 heteroatoms. The van der Waals surface area contributed by atoms with Crippen molar-refractivity contribution in [3.05, 3.63) is 83.6 Å². The third kappa shape index (κ3) is 6.33. The zero-order chi connectivity index (χ0) is 33.5. The molecule has 0 saturated carbocycles. The van der Waals surface area contributed by atoms with Gasteiger partial charge < -0.3 is 29.5 Å². The molecule has 1 N–H and O–H groups in total. The fourth-order valence-electron chi connectivity index (χ4n) is 9.24. The van der Waals surface area contributed by atoms with Crippen LogP contribution >= 0.6 is 0 Å². The number of carbonyl (C=O) groups is 1. The average Bonchev–Trinajstić information content (AvgIpc) is 3.95. The molecule has 1 spiro atoms. The van der Waals surface area contributed by atoms with Crippen LogP contribution in [0.5, 0.6) is 11.5 Å². The minimum Gasteiger partial charge on any atom is -0.454 e. The van der Waals surface area contributed by atoms with Gasteiger partial charge in [-0.05, 0) is 142 Å². The van der Waals surface area contributed by atoms with E-state index in [9.17, 15) is 4.79 Å². The summed E-state index contributed by atoms with van der Waals surface area (Å²) in [6, 6.07) is 23.8. The number of fused-ring (bicyclic) bond motifs is 2. The van der Waals surface area contributed by atoms with Crippen LogP contribution < -0.4 is 19.7 Å². The molecule has 4 aromatic rings. The van der Waals surface area contributed by atoms with Crippen LogP contribution in [0.1, 0.15) is 73.0 Å². The lowest BCUT2D eigenvalue weighted by atomic mass is 9.71. The van der Waals surface area contributed by atoms with Crippen molar-refractivity contribution in [1.82, 2.24) is 20.1 Å². The van der Waals surface area contributed by atoms with Crippen LogP contribution in [-0.4, -0.2) is 85.9 Å². The number of ether oxygens (including phenoxy) is 2. The number of likely N-dealkylation sites (tertiary alicyclic amines) is 2. The highest BCUT2D eigenvalue weighted by molar-refractivity contribution is 6.07. The first kappa shape index (κ1) is 31.8. The molecule has 4 saturated heterocycles. The molecule has 4 fully saturated rings. The molecule has 0 bridgehead atoms. The smallest absolute Gasteiger partial charge is 0.254 e. The maximum Gasteiger partial charge on any atom is 0.254 e. The molecular weight excluding hydrogens is 622 g/mol. The van der Waals surface area contributed by atoms with Crippen LogP contribution in [0.25, 0.3) is 22.0 Å². The zero-order valence-corrected chi connectivity index (χ0v) is 29.2. The van der Waals surface area contributed by atoms with Crippen LogP contribution in [0.2, 0.25) is 0 Å². The minimum atomic E-state index is 0.134. The minimum absolute atomic E-state index is 0.134. The van der Waals surface area contributed by atoms with Crippen LogP contribution in [0.4, 0.5) is 5.69 Å². The molecule has 5 aliphatic rings. The van der Waals surface area contributed by atoms with E-state index in [1.54, 1.807) is 0 Å². The Balaban J connectivity index is 0.996. The summed E-state index contributed by atoms with van der Waals surface area (Å²) in [6.07, 6.45) is 10.6. The topological polar surface area (TPSA) is 70.2 Å². The number of rotatable bonds is 7. The van der Waals surface area contributed by atoms with Gasteiger partial charge in [0.05, 0.1) is 11.1 Å². The Bertz CT molecular complexity index is 1850. The van der Waals surface area contributed by atoms with Crippen molar-refractivity contribution >= 4 is 22.5 Å². The Hall–Kier alpha value is -4.14. The average molecular weight is 672 g/mol. The second-order valence-electron chi connectivity index (χ2n) is 15.3. The monoisotopic (exact) mass is 671 g/mol. The predicted octanol–water partition coefficient (Wildman–Crippen LogP) is 6.89. The van der Waals surface area contributed by atoms with Gasteiger partial charge >= 0.3 is 0 Å². The van der Waals surface area contributed by atoms with Crippen molar-refractivity contribution in [3.8, 4) is 22.6 Å². The van der Waals surface area contributed by atoms with E-state index in [0.717, 1.165) is 96.9 Å². The summed E-state index contributed by atoms with van der Waals surface area (Å²) in [6.45, 7) is 8.95. The number of hydrogen-bond donors (Lipinski definition) is 1. The Morgan fingerprint density at radius 2 is 1.56 bits per heavy atom. The molecule has 1 amide bonds. The molecule has 8 nitrogen and oxygen atoms in total. The number of benzene rings is 3. The van der Waals surface area contributed by atoms with Crippen LogP contribution in [-0.2, 0) is 6.42 Å². The van der Waals surface area contributed by atoms with Gasteiger partial charge in [0.25, 0.3) is 5.91 Å². The summed E-state index contributed by atoms with van der Waals surface area (Å²) < 4.78 is 11.2. The molecule has 0 aliphatic carbocycles. The lowest BCUT2D eigenvalue weighted by molar-refractivity contribution is 0.0710. The van der Waals surface area contributed by atoms with Gasteiger partial charge in [-0.2, -0.15) is 0 Å². The molecule has 50 heavy (non-hydrogen) atoms. The van der Waals surface area contributed by atoms with Crippen molar-refractivity contribution in [2.24, 2.45) is 5.41 Å². The first-order chi connectivity index (χ1) is 24.6. The quantitative estimate of drug-likeness (QED) is 0.230. The number of hydrogen-bond acceptors (Lipinski definition) is 7. The van der Waals surface area contributed by atoms with E-state index in [1.807, 2.05) is 12.1 Å². The Labute approximate surface area is 295 Å². The number of nitrogens with zero attached hydrogens (tertiary/aromatic N) is 4. The highest BCUT2D eigenvalue weighted by atomic mass is 16.7. The highest BCUT2D eigenvalue weighted by Crippen LogP contribution is 2.41. The van der Waals surface area contributed by atoms with Gasteiger partial charge in [0, 0.05) is 55.4 Å². The Morgan fingerprint density at radius 3 is 2.38 bits per heavy atom. The molecule has 1 aromatic heterocycles. The summed E-state index contributed by atoms with van der Waals surface area (Å²) in [7, 11) is 0. The number of amides is 1. The van der Waals surface area contributed by atoms with E-state index in [-0.39, 0.29) is 18.7 Å². The maximum atomic E-state index is 14.6. The SMILES string of the molecule is O=C(c1cc(Cc2ccc(N3CCC4(CCNCC4)CC3)cc2)nc2ccc(-c3ccc4c(c3)OCO4)cc12)N1CCCC1CN1CCCC1. The summed E-state index contributed by atoms with van der Waals surface area (Å²) in [5.41, 5.74) is 7.71. The number of nitrogens with one attached hydrogen (secondary N) is 1. The lowest BCUT2D eigenvalue weighted by Crippen LogP contribution is -2.45. The summed E-state index contributed by atoms with van der Waals surface area (Å²) >= 11 is 0. The van der Waals surface area contributed by atoms with E-state index in [1.165, 1.54) is 62.9 Å². The summed E-state index contributed by atoms with van der Waals surface area (Å²) in [5, 5.41) is 4.45. The van der Waals surface area contributed by atoms with E-state index in [2.05, 4.69) is 74.6 Å². The van der Waals surface area contributed by atoms with Gasteiger partial charge in [0.15, 0.2) is 11.5 Å². The van der Waals surface area contributed by atoms with Crippen molar-refractivity contribution < 1.29 is 14.3 Å². The molecule has 5 aliphatic heterocycles. The van der Waals surface area contributed by atoms with Crippen molar-refractivity contribution in [2.75, 3.05) is 64.1 Å². The van der Waals surface area contributed by atoms with Gasteiger partial charge in [-0.15, -0.1) is 0 Å². The maximum absolute atomic E-state index is 14.6. The van der Waals surface area contributed by atoms with Crippen LogP contribution in [0.15, 0.2) is 66.7 Å². The molecule has 0 radical (unpaired) electrons. The normalized spacial score (nSPS) is 21.8. The number of aromatic nitrogens is 1. The van der Waals surface area contributed by atoms with Gasteiger partial charge in [-0.25, -0.2) is 0 Å². The molecule has 3 aromatic carbocycles. The largest absolute Gasteiger partial charge is 0.454 e. The van der Waals surface area contributed by atoms with Crippen molar-refractivity contribution in [2.45, 2.75) is 63.8 Å². The van der Waals surface area contributed by atoms with Gasteiger partial charge in [-0.3, -0.25) is 9.78 Å². The first-order valence-corrected chi connectivity index (χ1v) is 19.0. The van der Waals surface area contributed by atoms with E-state index in [4.69, 9.17) is 14.5 Å². The Morgan fingerprint density at radius 1 is 0.800 bits per heavy atom. The number of piperidine rings is 2. The standard InChI is InChI=1S/C42H49N5O3/c48-41(47-21-3-4-35(47)28-45-19-1-2-20-45)37-27-33(44-38-11-7-31(25-36(37)38)32-8-12-39-40(26-32)50-29-49-39)24-30-5-9-34(10-6-30)46-22-15-42(16-23-46)13-17-43-18-14-42/h5-12,25-27,35,43H,1-4,13-24,28-29H2. The lowest BCUT2D eigenvalue weighted by Gasteiger charge is -2.45. The first-order valence-electron chi connectivity index (χ1n) is 19.0. The molecular formula is C42H49N5O3. The third-order valence-electron chi connectivity index (χ3n) is 12.3. The Kier molecular flexibility index (Phi) is 8.61. The highest BCUT2D eigenvalue weighted by Gasteiger charge is 2.36. The van der Waals surface area contributed by atoms with Gasteiger partial charge in [0.2, 0.25) is 6.79 Å². The molecule has 1 unspecified atom stereocenters. The number of anilines is 1. The van der Waals surface area contributed by atoms with Crippen LogP contribution in [0, 0.1) is 5.41 Å². The van der Waals surface area contributed by atoms with E-state index in [0.29, 0.717) is 11.8 Å². The van der Waals surface area contributed by atoms with Crippen molar-refractivity contribution in [1.29, 1.82) is 0 Å². The molecule has 6 heterocycles. The fourth-order valence-corrected chi connectivity index (χ4v) is 9.24. The summed E-state index contributed by atoms with van der Waals surface area (Å²) in [5.74, 6) is 1.66. The molecule has 9 rings (SSSR count). The zero-order valence-electron chi connectivity index (χ0n) is 29.2. The molecule has 1 atom stereocenters. The number of pyridine rings is 1. The fraction of sp³-hybridized carbons (Fsp3) is 0.476. The predicted molar refractivity (Wildman–Crippen MR) is 198 cm³/mol. The second-order valence-corrected chi connectivity index (χ2v) is 15.3. The molecule has 260 valence electrons. The van der Waals surface area contributed by atoms with Crippen LogP contribution in [0.3, 0.4) is 0 Å². The van der Waals surface area contributed by atoms with Gasteiger partial charge in [-0.1, -0.05) is 24.3 Å². The van der Waals surface area contributed by atoms with Gasteiger partial charge in [0.1, 0.15) is 0 Å². The number of carbonyl (C=O) groups excluding carboxylic acids is 1. The van der Waals surface area contributed by atoms with Crippen molar-refractivity contribution in [3.63, 3.8) is 0 Å². The van der Waals surface area contributed by atoms with E-state index < -0.39 is 0 Å². The third-order valence-corrected chi connectivity index (χ3v) is 12.3. The van der Waals surface area contributed by atoms with E-state index >= 15 is 0 Å².